The summed E-state index contributed by atoms with van der Waals surface area (Å²) >= 11 is 7.38. The van der Waals surface area contributed by atoms with Crippen molar-refractivity contribution in [2.45, 2.75) is 33.4 Å². The fourth-order valence-electron chi connectivity index (χ4n) is 1.96. The van der Waals surface area contributed by atoms with Gasteiger partial charge in [0.1, 0.15) is 5.76 Å². The molecule has 2 aromatic rings. The highest BCUT2D eigenvalue weighted by molar-refractivity contribution is 7.16. The van der Waals surface area contributed by atoms with Crippen LogP contribution in [-0.4, -0.2) is 23.1 Å². The zero-order chi connectivity index (χ0) is 15.6. The van der Waals surface area contributed by atoms with Gasteiger partial charge in [0, 0.05) is 17.5 Å². The lowest BCUT2D eigenvalue weighted by atomic mass is 10.2. The van der Waals surface area contributed by atoms with Crippen molar-refractivity contribution in [2.24, 2.45) is 0 Å². The summed E-state index contributed by atoms with van der Waals surface area (Å²) in [6.07, 6.45) is 0. The van der Waals surface area contributed by atoms with Crippen LogP contribution in [0.4, 0.5) is 4.79 Å². The van der Waals surface area contributed by atoms with E-state index in [4.69, 9.17) is 16.1 Å². The monoisotopic (exact) mass is 327 g/mol. The van der Waals surface area contributed by atoms with E-state index in [0.29, 0.717) is 6.54 Å². The Kier molecular flexibility index (Phi) is 4.90. The maximum atomic E-state index is 12.2. The van der Waals surface area contributed by atoms with Crippen LogP contribution in [0.5, 0.6) is 0 Å². The van der Waals surface area contributed by atoms with Gasteiger partial charge in [0.15, 0.2) is 0 Å². The van der Waals surface area contributed by atoms with E-state index >= 15 is 0 Å². The van der Waals surface area contributed by atoms with Crippen molar-refractivity contribution in [1.82, 2.24) is 15.4 Å². The average Bonchev–Trinajstić information content (AvgIpc) is 2.99. The fourth-order valence-corrected chi connectivity index (χ4v) is 3.03. The maximum absolute atomic E-state index is 12.2. The normalized spacial score (nSPS) is 12.2. The molecule has 0 aliphatic carbocycles. The minimum Gasteiger partial charge on any atom is -0.361 e. The van der Waals surface area contributed by atoms with E-state index in [2.05, 4.69) is 10.5 Å². The Morgan fingerprint density at radius 2 is 2.24 bits per heavy atom. The lowest BCUT2D eigenvalue weighted by Crippen LogP contribution is -2.38. The molecule has 0 aliphatic rings. The molecular formula is C14H18ClN3O2S. The van der Waals surface area contributed by atoms with Crippen LogP contribution in [0.1, 0.15) is 34.9 Å². The van der Waals surface area contributed by atoms with E-state index in [9.17, 15) is 4.79 Å². The Bertz CT molecular complexity index is 618. The number of nitrogens with one attached hydrogen (secondary N) is 1. The largest absolute Gasteiger partial charge is 0.361 e. The molecule has 0 saturated carbocycles. The van der Waals surface area contributed by atoms with Crippen molar-refractivity contribution in [2.75, 3.05) is 7.05 Å². The maximum Gasteiger partial charge on any atom is 0.317 e. The lowest BCUT2D eigenvalue weighted by molar-refractivity contribution is 0.203. The number of carbonyl (C=O) groups excluding carboxylic acids is 1. The first kappa shape index (κ1) is 15.9. The van der Waals surface area contributed by atoms with Crippen molar-refractivity contribution >= 4 is 29.0 Å². The van der Waals surface area contributed by atoms with Crippen LogP contribution in [0, 0.1) is 13.8 Å². The van der Waals surface area contributed by atoms with Crippen LogP contribution in [0.3, 0.4) is 0 Å². The molecule has 0 bridgehead atoms. The zero-order valence-corrected chi connectivity index (χ0v) is 14.0. The van der Waals surface area contributed by atoms with E-state index in [1.807, 2.05) is 32.9 Å². The molecule has 1 atom stereocenters. The van der Waals surface area contributed by atoms with Crippen molar-refractivity contribution in [3.63, 3.8) is 0 Å². The number of nitrogens with zero attached hydrogens (tertiary/aromatic N) is 2. The third-order valence-electron chi connectivity index (χ3n) is 3.28. The standard InChI is InChI=1S/C14H18ClN3O2S/c1-8-11(10(3)20-17-8)7-18(4)14(19)16-9(2)12-5-6-13(15)21-12/h5-6,9H,7H2,1-4H3,(H,16,19). The highest BCUT2D eigenvalue weighted by Gasteiger charge is 2.18. The number of hydrogen-bond donors (Lipinski definition) is 1. The molecule has 1 N–H and O–H groups in total. The van der Waals surface area contributed by atoms with Gasteiger partial charge >= 0.3 is 6.03 Å². The van der Waals surface area contributed by atoms with E-state index in [0.717, 1.165) is 26.2 Å². The molecule has 0 saturated heterocycles. The molecule has 0 radical (unpaired) electrons. The number of amides is 2. The minimum atomic E-state index is -0.146. The fraction of sp³-hybridized carbons (Fsp3) is 0.429. The van der Waals surface area contributed by atoms with E-state index in [1.165, 1.54) is 11.3 Å². The number of halogens is 1. The Labute approximate surface area is 132 Å². The summed E-state index contributed by atoms with van der Waals surface area (Å²) < 4.78 is 5.83. The number of aryl methyl sites for hydroxylation is 2. The average molecular weight is 328 g/mol. The SMILES string of the molecule is Cc1noc(C)c1CN(C)C(=O)NC(C)c1ccc(Cl)s1. The van der Waals surface area contributed by atoms with Gasteiger partial charge in [0.05, 0.1) is 22.6 Å². The van der Waals surface area contributed by atoms with Crippen molar-refractivity contribution in [3.05, 3.63) is 38.4 Å². The topological polar surface area (TPSA) is 58.4 Å². The van der Waals surface area contributed by atoms with Crippen LogP contribution >= 0.6 is 22.9 Å². The summed E-state index contributed by atoms with van der Waals surface area (Å²) in [6.45, 7) is 6.11. The number of rotatable bonds is 4. The van der Waals surface area contributed by atoms with E-state index < -0.39 is 0 Å². The molecule has 5 nitrogen and oxygen atoms in total. The molecule has 2 rings (SSSR count). The molecule has 0 spiro atoms. The Morgan fingerprint density at radius 1 is 1.52 bits per heavy atom. The van der Waals surface area contributed by atoms with E-state index in [1.54, 1.807) is 11.9 Å². The highest BCUT2D eigenvalue weighted by Crippen LogP contribution is 2.26. The van der Waals surface area contributed by atoms with Gasteiger partial charge in [-0.05, 0) is 32.9 Å². The van der Waals surface area contributed by atoms with Crippen LogP contribution in [0.15, 0.2) is 16.7 Å². The summed E-state index contributed by atoms with van der Waals surface area (Å²) in [5, 5.41) is 6.84. The number of aromatic nitrogens is 1. The Morgan fingerprint density at radius 3 is 2.76 bits per heavy atom. The predicted molar refractivity (Wildman–Crippen MR) is 83.7 cm³/mol. The Balaban J connectivity index is 1.97. The van der Waals surface area contributed by atoms with Gasteiger partial charge in [-0.1, -0.05) is 16.8 Å². The number of urea groups is 1. The van der Waals surface area contributed by atoms with Crippen molar-refractivity contribution in [1.29, 1.82) is 0 Å². The molecule has 7 heteroatoms. The first-order valence-corrected chi connectivity index (χ1v) is 7.76. The molecule has 21 heavy (non-hydrogen) atoms. The number of hydrogen-bond acceptors (Lipinski definition) is 4. The first-order valence-electron chi connectivity index (χ1n) is 6.57. The summed E-state index contributed by atoms with van der Waals surface area (Å²) in [7, 11) is 1.75. The summed E-state index contributed by atoms with van der Waals surface area (Å²) in [5.74, 6) is 0.741. The number of carbonyl (C=O) groups is 1. The summed E-state index contributed by atoms with van der Waals surface area (Å²) in [5.41, 5.74) is 1.75. The third-order valence-corrected chi connectivity index (χ3v) is 4.70. The van der Waals surface area contributed by atoms with Crippen molar-refractivity contribution < 1.29 is 9.32 Å². The second-order valence-corrected chi connectivity index (χ2v) is 6.72. The van der Waals surface area contributed by atoms with Gasteiger partial charge in [-0.25, -0.2) is 4.79 Å². The smallest absolute Gasteiger partial charge is 0.317 e. The van der Waals surface area contributed by atoms with Gasteiger partial charge in [0.2, 0.25) is 0 Å². The first-order chi connectivity index (χ1) is 9.88. The predicted octanol–water partition coefficient (Wildman–Crippen LogP) is 3.91. The molecule has 1 unspecified atom stereocenters. The Hall–Kier alpha value is -1.53. The number of thiophene rings is 1. The van der Waals surface area contributed by atoms with Gasteiger partial charge < -0.3 is 14.7 Å². The summed E-state index contributed by atoms with van der Waals surface area (Å²) in [4.78, 5) is 14.9. The molecule has 114 valence electrons. The summed E-state index contributed by atoms with van der Waals surface area (Å²) in [6, 6.07) is 3.53. The van der Waals surface area contributed by atoms with Gasteiger partial charge in [0.25, 0.3) is 0 Å². The molecule has 0 aromatic carbocycles. The molecule has 2 amide bonds. The minimum absolute atomic E-state index is 0.0814. The molecule has 2 aromatic heterocycles. The third kappa shape index (κ3) is 3.77. The van der Waals surface area contributed by atoms with Gasteiger partial charge in [-0.15, -0.1) is 11.3 Å². The second-order valence-electron chi connectivity index (χ2n) is 4.97. The second kappa shape index (κ2) is 6.49. The van der Waals surface area contributed by atoms with Crippen molar-refractivity contribution in [3.8, 4) is 0 Å². The van der Waals surface area contributed by atoms with Crippen LogP contribution in [0.25, 0.3) is 0 Å². The van der Waals surface area contributed by atoms with Crippen LogP contribution < -0.4 is 5.32 Å². The lowest BCUT2D eigenvalue weighted by Gasteiger charge is -2.20. The zero-order valence-electron chi connectivity index (χ0n) is 12.4. The molecular weight excluding hydrogens is 310 g/mol. The van der Waals surface area contributed by atoms with Crippen LogP contribution in [0.2, 0.25) is 4.34 Å². The molecule has 0 fully saturated rings. The highest BCUT2D eigenvalue weighted by atomic mass is 35.5. The van der Waals surface area contributed by atoms with Crippen LogP contribution in [-0.2, 0) is 6.54 Å². The quantitative estimate of drug-likeness (QED) is 0.926. The van der Waals surface area contributed by atoms with E-state index in [-0.39, 0.29) is 12.1 Å². The van der Waals surface area contributed by atoms with Gasteiger partial charge in [-0.3, -0.25) is 0 Å². The molecule has 2 heterocycles. The van der Waals surface area contributed by atoms with Gasteiger partial charge in [-0.2, -0.15) is 0 Å². The molecule has 0 aliphatic heterocycles.